The van der Waals surface area contributed by atoms with Crippen LogP contribution in [0, 0.1) is 0 Å². The molecule has 1 saturated heterocycles. The molecule has 2 aromatic carbocycles. The molecule has 0 saturated carbocycles. The van der Waals surface area contributed by atoms with Gasteiger partial charge in [0.05, 0.1) is 27.3 Å². The number of piperidine rings is 1. The summed E-state index contributed by atoms with van der Waals surface area (Å²) in [6, 6.07) is 9.06. The van der Waals surface area contributed by atoms with E-state index >= 15 is 0 Å². The minimum Gasteiger partial charge on any atom is -0.489 e. The van der Waals surface area contributed by atoms with Crippen molar-refractivity contribution in [3.8, 4) is 5.75 Å². The van der Waals surface area contributed by atoms with Gasteiger partial charge in [0.25, 0.3) is 5.91 Å². The molecular formula is C21H24Cl2N2O4S. The van der Waals surface area contributed by atoms with Crippen LogP contribution >= 0.6 is 23.2 Å². The third-order valence-corrected chi connectivity index (χ3v) is 7.15. The Labute approximate surface area is 187 Å². The van der Waals surface area contributed by atoms with E-state index in [0.717, 1.165) is 19.3 Å². The summed E-state index contributed by atoms with van der Waals surface area (Å²) < 4.78 is 33.4. The summed E-state index contributed by atoms with van der Waals surface area (Å²) in [5.74, 6) is -0.141. The molecule has 0 atom stereocenters. The van der Waals surface area contributed by atoms with Crippen molar-refractivity contribution in [3.05, 3.63) is 52.0 Å². The highest BCUT2D eigenvalue weighted by molar-refractivity contribution is 7.89. The fourth-order valence-electron chi connectivity index (χ4n) is 3.24. The molecule has 1 aliphatic rings. The first-order valence-corrected chi connectivity index (χ1v) is 12.0. The number of carbonyl (C=O) groups excluding carboxylic acids is 1. The number of amides is 1. The average molecular weight is 471 g/mol. The van der Waals surface area contributed by atoms with Gasteiger partial charge in [-0.15, -0.1) is 0 Å². The van der Waals surface area contributed by atoms with E-state index in [0.29, 0.717) is 23.9 Å². The standard InChI is InChI=1S/C21H24Cl2N2O4S/c1-14(2)29-20-9-7-16(30(27,28)25-10-4-3-5-11-25)13-19(20)24-21(26)17-12-15(22)6-8-18(17)23/h6-9,12-14H,3-5,10-11H2,1-2H3,(H,24,26). The second-order valence-corrected chi connectivity index (χ2v) is 10.1. The molecule has 3 rings (SSSR count). The van der Waals surface area contributed by atoms with Gasteiger partial charge in [-0.25, -0.2) is 8.42 Å². The van der Waals surface area contributed by atoms with Gasteiger partial charge < -0.3 is 10.1 Å². The number of anilines is 1. The van der Waals surface area contributed by atoms with E-state index in [9.17, 15) is 13.2 Å². The van der Waals surface area contributed by atoms with Crippen molar-refractivity contribution in [1.82, 2.24) is 4.31 Å². The Hall–Kier alpha value is -1.80. The summed E-state index contributed by atoms with van der Waals surface area (Å²) in [6.45, 7) is 4.68. The summed E-state index contributed by atoms with van der Waals surface area (Å²) >= 11 is 12.1. The molecule has 2 aromatic rings. The molecule has 6 nitrogen and oxygen atoms in total. The van der Waals surface area contributed by atoms with Crippen molar-refractivity contribution in [1.29, 1.82) is 0 Å². The number of carbonyl (C=O) groups is 1. The molecule has 1 N–H and O–H groups in total. The summed E-state index contributed by atoms with van der Waals surface area (Å²) in [7, 11) is -3.67. The van der Waals surface area contributed by atoms with Crippen LogP contribution in [0.3, 0.4) is 0 Å². The maximum atomic E-state index is 13.1. The molecule has 1 heterocycles. The van der Waals surface area contributed by atoms with Crippen LogP contribution in [-0.2, 0) is 10.0 Å². The van der Waals surface area contributed by atoms with Crippen molar-refractivity contribution in [2.24, 2.45) is 0 Å². The van der Waals surface area contributed by atoms with Gasteiger partial charge in [-0.1, -0.05) is 29.6 Å². The van der Waals surface area contributed by atoms with Gasteiger partial charge >= 0.3 is 0 Å². The minimum absolute atomic E-state index is 0.105. The van der Waals surface area contributed by atoms with E-state index in [-0.39, 0.29) is 27.3 Å². The van der Waals surface area contributed by atoms with Crippen LogP contribution in [0.15, 0.2) is 41.3 Å². The van der Waals surface area contributed by atoms with Crippen LogP contribution in [0.25, 0.3) is 0 Å². The van der Waals surface area contributed by atoms with Crippen molar-refractivity contribution in [2.45, 2.75) is 44.1 Å². The Morgan fingerprint density at radius 1 is 1.07 bits per heavy atom. The van der Waals surface area contributed by atoms with Crippen molar-refractivity contribution in [2.75, 3.05) is 18.4 Å². The number of benzene rings is 2. The lowest BCUT2D eigenvalue weighted by Crippen LogP contribution is -2.35. The van der Waals surface area contributed by atoms with Crippen LogP contribution < -0.4 is 10.1 Å². The van der Waals surface area contributed by atoms with Gasteiger partial charge in [-0.2, -0.15) is 4.31 Å². The van der Waals surface area contributed by atoms with Gasteiger partial charge in [-0.3, -0.25) is 4.79 Å². The molecule has 0 unspecified atom stereocenters. The lowest BCUT2D eigenvalue weighted by atomic mass is 10.2. The molecule has 0 spiro atoms. The molecule has 1 amide bonds. The monoisotopic (exact) mass is 470 g/mol. The van der Waals surface area contributed by atoms with E-state index < -0.39 is 15.9 Å². The molecule has 0 aliphatic carbocycles. The Balaban J connectivity index is 1.97. The molecule has 1 fully saturated rings. The molecular weight excluding hydrogens is 447 g/mol. The second-order valence-electron chi connectivity index (χ2n) is 7.37. The quantitative estimate of drug-likeness (QED) is 0.628. The molecule has 162 valence electrons. The predicted molar refractivity (Wildman–Crippen MR) is 119 cm³/mol. The lowest BCUT2D eigenvalue weighted by Gasteiger charge is -2.26. The topological polar surface area (TPSA) is 75.7 Å². The number of hydrogen-bond acceptors (Lipinski definition) is 4. The zero-order valence-electron chi connectivity index (χ0n) is 16.8. The first kappa shape index (κ1) is 22.9. The predicted octanol–water partition coefficient (Wildman–Crippen LogP) is 5.21. The summed E-state index contributed by atoms with van der Waals surface area (Å²) in [4.78, 5) is 12.9. The van der Waals surface area contributed by atoms with E-state index in [4.69, 9.17) is 27.9 Å². The Bertz CT molecular complexity index is 1040. The van der Waals surface area contributed by atoms with Gasteiger partial charge in [0.1, 0.15) is 5.75 Å². The van der Waals surface area contributed by atoms with E-state index in [1.807, 2.05) is 13.8 Å². The molecule has 9 heteroatoms. The first-order chi connectivity index (χ1) is 14.2. The third-order valence-electron chi connectivity index (χ3n) is 4.69. The van der Waals surface area contributed by atoms with E-state index in [1.165, 1.54) is 28.6 Å². The molecule has 0 radical (unpaired) electrons. The smallest absolute Gasteiger partial charge is 0.257 e. The number of nitrogens with zero attached hydrogens (tertiary/aromatic N) is 1. The minimum atomic E-state index is -3.67. The van der Waals surface area contributed by atoms with Gasteiger partial charge in [0.2, 0.25) is 10.0 Å². The number of hydrogen-bond donors (Lipinski definition) is 1. The fourth-order valence-corrected chi connectivity index (χ4v) is 5.16. The highest BCUT2D eigenvalue weighted by atomic mass is 35.5. The van der Waals surface area contributed by atoms with Crippen LogP contribution in [0.1, 0.15) is 43.5 Å². The highest BCUT2D eigenvalue weighted by Gasteiger charge is 2.27. The van der Waals surface area contributed by atoms with Gasteiger partial charge in [-0.05, 0) is 63.1 Å². The van der Waals surface area contributed by atoms with Crippen molar-refractivity contribution >= 4 is 44.8 Å². The molecule has 1 aliphatic heterocycles. The van der Waals surface area contributed by atoms with E-state index in [1.54, 1.807) is 12.1 Å². The summed E-state index contributed by atoms with van der Waals surface area (Å²) in [5.41, 5.74) is 0.437. The number of rotatable bonds is 6. The van der Waals surface area contributed by atoms with Crippen LogP contribution in [0.5, 0.6) is 5.75 Å². The van der Waals surface area contributed by atoms with Crippen LogP contribution in [-0.4, -0.2) is 37.8 Å². The zero-order chi connectivity index (χ0) is 21.9. The van der Waals surface area contributed by atoms with E-state index in [2.05, 4.69) is 5.32 Å². The molecule has 30 heavy (non-hydrogen) atoms. The Morgan fingerprint density at radius 3 is 2.43 bits per heavy atom. The first-order valence-electron chi connectivity index (χ1n) is 9.76. The zero-order valence-corrected chi connectivity index (χ0v) is 19.1. The maximum Gasteiger partial charge on any atom is 0.257 e. The number of sulfonamides is 1. The second kappa shape index (κ2) is 9.56. The highest BCUT2D eigenvalue weighted by Crippen LogP contribution is 2.32. The average Bonchev–Trinajstić information content (AvgIpc) is 2.71. The largest absolute Gasteiger partial charge is 0.489 e. The van der Waals surface area contributed by atoms with Gasteiger partial charge in [0.15, 0.2) is 0 Å². The van der Waals surface area contributed by atoms with Crippen LogP contribution in [0.2, 0.25) is 10.0 Å². The lowest BCUT2D eigenvalue weighted by molar-refractivity contribution is 0.102. The summed E-state index contributed by atoms with van der Waals surface area (Å²) in [5, 5.41) is 3.33. The Kier molecular flexibility index (Phi) is 7.29. The molecule has 0 aromatic heterocycles. The normalized spacial score (nSPS) is 15.2. The summed E-state index contributed by atoms with van der Waals surface area (Å²) in [6.07, 6.45) is 2.53. The maximum absolute atomic E-state index is 13.1. The molecule has 0 bridgehead atoms. The Morgan fingerprint density at radius 2 is 1.77 bits per heavy atom. The number of nitrogens with one attached hydrogen (secondary N) is 1. The number of ether oxygens (including phenoxy) is 1. The number of halogens is 2. The van der Waals surface area contributed by atoms with Crippen molar-refractivity contribution < 1.29 is 17.9 Å². The SMILES string of the molecule is CC(C)Oc1ccc(S(=O)(=O)N2CCCCC2)cc1NC(=O)c1cc(Cl)ccc1Cl. The van der Waals surface area contributed by atoms with Gasteiger partial charge in [0, 0.05) is 18.1 Å². The fraction of sp³-hybridized carbons (Fsp3) is 0.381. The van der Waals surface area contributed by atoms with Crippen molar-refractivity contribution in [3.63, 3.8) is 0 Å². The van der Waals surface area contributed by atoms with Crippen LogP contribution in [0.4, 0.5) is 5.69 Å². The third kappa shape index (κ3) is 5.27.